The number of carbonyl (C=O) groups is 6. The van der Waals surface area contributed by atoms with Gasteiger partial charge in [-0.2, -0.15) is 8.78 Å². The molecular weight excluding hydrogens is 833 g/mol. The van der Waals surface area contributed by atoms with Crippen LogP contribution in [0.2, 0.25) is 0 Å². The summed E-state index contributed by atoms with van der Waals surface area (Å²) in [5, 5.41) is 2.82. The molecule has 3 aromatic rings. The molecule has 0 saturated carbocycles. The molecule has 0 bridgehead atoms. The molecule has 1 aromatic heterocycles. The van der Waals surface area contributed by atoms with Gasteiger partial charge in [-0.15, -0.1) is 11.3 Å². The van der Waals surface area contributed by atoms with Gasteiger partial charge in [-0.05, 0) is 67.8 Å². The summed E-state index contributed by atoms with van der Waals surface area (Å²) in [5.41, 5.74) is -4.70. The molecule has 1 N–H and O–H groups in total. The van der Waals surface area contributed by atoms with E-state index in [9.17, 15) is 33.3 Å². The lowest BCUT2D eigenvalue weighted by molar-refractivity contribution is -0.144. The second kappa shape index (κ2) is 20.4. The molecule has 21 heteroatoms. The van der Waals surface area contributed by atoms with Crippen molar-refractivity contribution in [1.82, 2.24) is 15.1 Å². The van der Waals surface area contributed by atoms with Crippen molar-refractivity contribution in [1.29, 1.82) is 0 Å². The van der Waals surface area contributed by atoms with Gasteiger partial charge < -0.3 is 39.0 Å². The summed E-state index contributed by atoms with van der Waals surface area (Å²) in [7, 11) is -4.05. The second-order valence-corrected chi connectivity index (χ2v) is 17.0. The number of benzene rings is 2. The predicted molar refractivity (Wildman–Crippen MR) is 212 cm³/mol. The Bertz CT molecular complexity index is 2060. The van der Waals surface area contributed by atoms with Gasteiger partial charge in [0.1, 0.15) is 12.1 Å². The number of alkyl halides is 2. The summed E-state index contributed by atoms with van der Waals surface area (Å²) < 4.78 is 74.7. The fraction of sp³-hybridized carbons (Fsp3) is 0.487. The minimum Gasteiger partial charge on any atom is -0.434 e. The molecular formula is C39H47F2N4O13PS. The molecule has 0 radical (unpaired) electrons. The molecule has 4 amide bonds. The maximum atomic E-state index is 16.2. The van der Waals surface area contributed by atoms with E-state index in [0.717, 1.165) is 23.5 Å². The molecule has 0 aliphatic carbocycles. The minimum absolute atomic E-state index is 0.0118. The predicted octanol–water partition coefficient (Wildman–Crippen LogP) is 6.59. The third-order valence-electron chi connectivity index (χ3n) is 9.78. The summed E-state index contributed by atoms with van der Waals surface area (Å²) in [5.74, 6) is -1.90. The van der Waals surface area contributed by atoms with Crippen molar-refractivity contribution in [3.63, 3.8) is 0 Å². The van der Waals surface area contributed by atoms with E-state index in [-0.39, 0.29) is 54.4 Å². The van der Waals surface area contributed by atoms with E-state index < -0.39 is 68.6 Å². The Morgan fingerprint density at radius 2 is 1.53 bits per heavy atom. The summed E-state index contributed by atoms with van der Waals surface area (Å²) in [6.07, 6.45) is -0.360. The van der Waals surface area contributed by atoms with Gasteiger partial charge in [0.15, 0.2) is 0 Å². The normalized spacial score (nSPS) is 18.2. The van der Waals surface area contributed by atoms with Gasteiger partial charge in [-0.1, -0.05) is 38.1 Å². The molecule has 3 heterocycles. The molecule has 17 nitrogen and oxygen atoms in total. The largest absolute Gasteiger partial charge is 0.510 e. The average Bonchev–Trinajstić information content (AvgIpc) is 3.86. The van der Waals surface area contributed by atoms with Crippen LogP contribution in [0.4, 0.5) is 24.1 Å². The molecule has 3 atom stereocenters. The number of hydrogen-bond acceptors (Lipinski definition) is 14. The zero-order valence-electron chi connectivity index (χ0n) is 33.5. The van der Waals surface area contributed by atoms with E-state index in [1.807, 2.05) is 6.07 Å². The van der Waals surface area contributed by atoms with Gasteiger partial charge >= 0.3 is 25.6 Å². The summed E-state index contributed by atoms with van der Waals surface area (Å²) in [6, 6.07) is 10.9. The van der Waals surface area contributed by atoms with Crippen LogP contribution >= 0.6 is 18.9 Å². The first-order chi connectivity index (χ1) is 28.6. The zero-order chi connectivity index (χ0) is 43.6. The van der Waals surface area contributed by atoms with Crippen LogP contribution in [0.25, 0.3) is 10.1 Å². The number of nitrogens with zero attached hydrogens (tertiary/aromatic N) is 3. The Morgan fingerprint density at radius 1 is 0.900 bits per heavy atom. The second-order valence-electron chi connectivity index (χ2n) is 13.9. The standard InChI is InChI=1S/C39H47F2N4O13PS/c1-5-18-53-37(50)55-23-57-59(52,58-24-56-38(51)54-19-6-2)39(40,41)27-12-15-32-26(20-27)21-33(60-32)34(47)42-30-22-44(25(3)46)17-16-29-13-14-31(45(29)35(30)48)36(49)43(4)28-10-8-7-9-11-28/h7-12,15,20-21,29-31H,5-6,13-14,16-19,22-24H2,1-4H3,(H,42,47)/t29-,30+,31+/m1/s1. The number of amides is 4. The lowest BCUT2D eigenvalue weighted by atomic mass is 10.1. The van der Waals surface area contributed by atoms with Crippen LogP contribution in [0, 0.1) is 0 Å². The molecule has 2 aromatic carbocycles. The first-order valence-electron chi connectivity index (χ1n) is 19.2. The lowest BCUT2D eigenvalue weighted by Crippen LogP contribution is -2.61. The van der Waals surface area contributed by atoms with Crippen LogP contribution in [0.3, 0.4) is 0 Å². The van der Waals surface area contributed by atoms with Crippen molar-refractivity contribution < 1.29 is 70.1 Å². The van der Waals surface area contributed by atoms with Gasteiger partial charge in [0.2, 0.25) is 31.3 Å². The van der Waals surface area contributed by atoms with E-state index in [1.54, 1.807) is 45.2 Å². The Kier molecular flexibility index (Phi) is 15.6. The summed E-state index contributed by atoms with van der Waals surface area (Å²) in [6.45, 7) is 2.23. The van der Waals surface area contributed by atoms with Crippen LogP contribution in [0.15, 0.2) is 54.6 Å². The number of ether oxygens (including phenoxy) is 4. The van der Waals surface area contributed by atoms with E-state index in [2.05, 4.69) is 14.8 Å². The summed E-state index contributed by atoms with van der Waals surface area (Å²) >= 11 is 0.914. The minimum atomic E-state index is -5.67. The van der Waals surface area contributed by atoms with Crippen LogP contribution in [-0.2, 0) is 52.6 Å². The number of fused-ring (bicyclic) bond motifs is 2. The molecule has 60 heavy (non-hydrogen) atoms. The molecule has 2 fully saturated rings. The third-order valence-corrected chi connectivity index (χ3v) is 12.7. The molecule has 2 aliphatic rings. The van der Waals surface area contributed by atoms with E-state index in [0.29, 0.717) is 42.5 Å². The first kappa shape index (κ1) is 45.9. The number of halogens is 2. The van der Waals surface area contributed by atoms with Crippen LogP contribution in [0.5, 0.6) is 0 Å². The monoisotopic (exact) mass is 880 g/mol. The lowest BCUT2D eigenvalue weighted by Gasteiger charge is -2.39. The fourth-order valence-corrected chi connectivity index (χ4v) is 8.87. The van der Waals surface area contributed by atoms with Crippen molar-refractivity contribution in [2.75, 3.05) is 51.8 Å². The van der Waals surface area contributed by atoms with Crippen molar-refractivity contribution >= 4 is 70.6 Å². The highest BCUT2D eigenvalue weighted by molar-refractivity contribution is 7.54. The number of rotatable bonds is 16. The molecule has 0 unspecified atom stereocenters. The highest BCUT2D eigenvalue weighted by atomic mass is 32.1. The smallest absolute Gasteiger partial charge is 0.434 e. The Hall–Kier alpha value is -5.17. The average molecular weight is 881 g/mol. The van der Waals surface area contributed by atoms with Gasteiger partial charge in [0.05, 0.1) is 18.1 Å². The van der Waals surface area contributed by atoms with Crippen molar-refractivity contribution in [3.8, 4) is 0 Å². The van der Waals surface area contributed by atoms with Gasteiger partial charge in [-0.25, -0.2) is 9.59 Å². The van der Waals surface area contributed by atoms with E-state index in [1.165, 1.54) is 33.8 Å². The number of para-hydroxylation sites is 1. The Balaban J connectivity index is 1.37. The fourth-order valence-electron chi connectivity index (χ4n) is 6.68. The maximum Gasteiger partial charge on any atom is 0.510 e. The van der Waals surface area contributed by atoms with Crippen molar-refractivity contribution in [3.05, 3.63) is 65.0 Å². The molecule has 0 spiro atoms. The van der Waals surface area contributed by atoms with Crippen LogP contribution < -0.4 is 10.2 Å². The van der Waals surface area contributed by atoms with Crippen LogP contribution in [0.1, 0.15) is 68.1 Å². The quantitative estimate of drug-likeness (QED) is 0.0920. The topological polar surface area (TPSA) is 197 Å². The number of anilines is 1. The Morgan fingerprint density at radius 3 is 2.13 bits per heavy atom. The molecule has 326 valence electrons. The molecule has 2 saturated heterocycles. The molecule has 2 aliphatic heterocycles. The number of likely N-dealkylation sites (N-methyl/N-ethyl adjacent to an activating group) is 1. The summed E-state index contributed by atoms with van der Waals surface area (Å²) in [4.78, 5) is 82.6. The van der Waals surface area contributed by atoms with Crippen LogP contribution in [-0.4, -0.2) is 111 Å². The zero-order valence-corrected chi connectivity index (χ0v) is 35.2. The first-order valence-corrected chi connectivity index (χ1v) is 21.6. The third kappa shape index (κ3) is 10.8. The van der Waals surface area contributed by atoms with Gasteiger partial charge in [0.25, 0.3) is 5.91 Å². The number of carbonyl (C=O) groups excluding carboxylic acids is 6. The number of hydrogen-bond donors (Lipinski definition) is 1. The molecule has 5 rings (SSSR count). The van der Waals surface area contributed by atoms with Crippen molar-refractivity contribution in [2.24, 2.45) is 0 Å². The number of nitrogens with one attached hydrogen (secondary N) is 1. The van der Waals surface area contributed by atoms with E-state index >= 15 is 8.78 Å². The van der Waals surface area contributed by atoms with Gasteiger partial charge in [-0.3, -0.25) is 32.8 Å². The van der Waals surface area contributed by atoms with E-state index in [4.69, 9.17) is 18.5 Å². The highest BCUT2D eigenvalue weighted by Gasteiger charge is 2.56. The van der Waals surface area contributed by atoms with Crippen molar-refractivity contribution in [2.45, 2.75) is 76.7 Å². The van der Waals surface area contributed by atoms with Gasteiger partial charge in [0, 0.05) is 49.1 Å². The SMILES string of the molecule is CCCOC(=O)OCOP(=O)(OCOC(=O)OCCC)C(F)(F)c1ccc2sc(C(=O)N[C@H]3CN(C(C)=O)CC[C@H]4CC[C@@H](C(=O)N(C)c5ccccc5)N4C3=O)cc2c1. The number of thiophene rings is 1. The Labute approximate surface area is 348 Å². The maximum absolute atomic E-state index is 16.2. The highest BCUT2D eigenvalue weighted by Crippen LogP contribution is 2.67.